The van der Waals surface area contributed by atoms with E-state index in [1.165, 1.54) is 9.91 Å². The van der Waals surface area contributed by atoms with Gasteiger partial charge in [-0.25, -0.2) is 5.01 Å². The molecule has 1 aromatic heterocycles. The van der Waals surface area contributed by atoms with Crippen molar-refractivity contribution in [3.05, 3.63) is 54.0 Å². The fourth-order valence-corrected chi connectivity index (χ4v) is 3.47. The highest BCUT2D eigenvalue weighted by molar-refractivity contribution is 6.03. The molecule has 0 fully saturated rings. The van der Waals surface area contributed by atoms with Gasteiger partial charge in [-0.3, -0.25) is 9.59 Å². The summed E-state index contributed by atoms with van der Waals surface area (Å²) >= 11 is 0. The minimum absolute atomic E-state index is 0.0724. The number of nitrogens with zero attached hydrogens (tertiary/aromatic N) is 3. The molecule has 8 heteroatoms. The lowest BCUT2D eigenvalue weighted by Gasteiger charge is -2.27. The smallest absolute Gasteiger partial charge is 0.262 e. The van der Waals surface area contributed by atoms with E-state index in [1.54, 1.807) is 26.5 Å². The van der Waals surface area contributed by atoms with Gasteiger partial charge in [-0.1, -0.05) is 13.8 Å². The lowest BCUT2D eigenvalue weighted by Crippen LogP contribution is -2.44. The van der Waals surface area contributed by atoms with E-state index in [0.29, 0.717) is 25.3 Å². The van der Waals surface area contributed by atoms with E-state index in [2.05, 4.69) is 5.10 Å². The molecule has 1 aliphatic rings. The van der Waals surface area contributed by atoms with Crippen molar-refractivity contribution in [2.45, 2.75) is 26.3 Å². The van der Waals surface area contributed by atoms with Gasteiger partial charge in [0.1, 0.15) is 24.1 Å². The molecule has 2 amide bonds. The van der Waals surface area contributed by atoms with Gasteiger partial charge in [0.2, 0.25) is 5.91 Å². The maximum Gasteiger partial charge on any atom is 0.262 e. The largest absolute Gasteiger partial charge is 0.497 e. The molecular weight excluding hydrogens is 398 g/mol. The van der Waals surface area contributed by atoms with Gasteiger partial charge in [0.25, 0.3) is 5.91 Å². The molecule has 0 radical (unpaired) electrons. The normalized spacial score (nSPS) is 15.8. The predicted molar refractivity (Wildman–Crippen MR) is 116 cm³/mol. The number of furan rings is 1. The second kappa shape index (κ2) is 10.3. The first-order valence-electron chi connectivity index (χ1n) is 10.3. The van der Waals surface area contributed by atoms with Crippen LogP contribution < -0.4 is 4.74 Å². The quantitative estimate of drug-likeness (QED) is 0.614. The number of carbonyl (C=O) groups excluding carboxylic acids is 2. The van der Waals surface area contributed by atoms with E-state index in [4.69, 9.17) is 13.9 Å². The summed E-state index contributed by atoms with van der Waals surface area (Å²) in [5, 5.41) is 6.06. The van der Waals surface area contributed by atoms with Crippen LogP contribution in [0.4, 0.5) is 0 Å². The summed E-state index contributed by atoms with van der Waals surface area (Å²) in [5.74, 6) is 0.814. The number of methoxy groups -OCH3 is 2. The maximum absolute atomic E-state index is 13.3. The Balaban J connectivity index is 1.85. The first-order chi connectivity index (χ1) is 14.9. The van der Waals surface area contributed by atoms with E-state index in [0.717, 1.165) is 17.0 Å². The number of amides is 2. The number of benzene rings is 1. The zero-order chi connectivity index (χ0) is 22.4. The summed E-state index contributed by atoms with van der Waals surface area (Å²) in [4.78, 5) is 27.4. The zero-order valence-corrected chi connectivity index (χ0v) is 18.4. The second-order valence-electron chi connectivity index (χ2n) is 7.66. The van der Waals surface area contributed by atoms with Crippen molar-refractivity contribution in [3.8, 4) is 5.75 Å². The average molecular weight is 428 g/mol. The Kier molecular flexibility index (Phi) is 7.46. The van der Waals surface area contributed by atoms with E-state index >= 15 is 0 Å². The van der Waals surface area contributed by atoms with E-state index in [-0.39, 0.29) is 30.3 Å². The molecule has 31 heavy (non-hydrogen) atoms. The molecule has 8 nitrogen and oxygen atoms in total. The highest BCUT2D eigenvalue weighted by Gasteiger charge is 2.36. The van der Waals surface area contributed by atoms with Crippen LogP contribution >= 0.6 is 0 Å². The molecule has 1 aromatic carbocycles. The number of ether oxygens (including phenoxy) is 2. The molecule has 1 unspecified atom stereocenters. The van der Waals surface area contributed by atoms with Gasteiger partial charge >= 0.3 is 0 Å². The van der Waals surface area contributed by atoms with Crippen molar-refractivity contribution in [3.63, 3.8) is 0 Å². The van der Waals surface area contributed by atoms with Gasteiger partial charge in [0.15, 0.2) is 0 Å². The van der Waals surface area contributed by atoms with Crippen molar-refractivity contribution < 1.29 is 23.5 Å². The molecule has 3 rings (SSSR count). The van der Waals surface area contributed by atoms with Crippen LogP contribution in [0.15, 0.2) is 52.2 Å². The van der Waals surface area contributed by atoms with Gasteiger partial charge in [-0.2, -0.15) is 5.10 Å². The summed E-state index contributed by atoms with van der Waals surface area (Å²) in [7, 11) is 3.18. The number of hydrogen-bond acceptors (Lipinski definition) is 6. The van der Waals surface area contributed by atoms with Gasteiger partial charge in [-0.15, -0.1) is 0 Å². The van der Waals surface area contributed by atoms with Crippen LogP contribution in [-0.4, -0.2) is 61.4 Å². The molecule has 0 bridgehead atoms. The van der Waals surface area contributed by atoms with Gasteiger partial charge in [0.05, 0.1) is 25.7 Å². The van der Waals surface area contributed by atoms with Crippen LogP contribution in [0, 0.1) is 5.92 Å². The first kappa shape index (κ1) is 22.6. The summed E-state index contributed by atoms with van der Waals surface area (Å²) in [6, 6.07) is 10.8. The number of carbonyl (C=O) groups is 2. The Hall–Kier alpha value is -3.13. The maximum atomic E-state index is 13.3. The molecule has 0 saturated carbocycles. The SMILES string of the molecule is COCCN(CC(=O)N1N=C(c2ccc(OC)cc2)CC1c1ccco1)C(=O)C(C)C. The van der Waals surface area contributed by atoms with E-state index in [1.807, 2.05) is 44.2 Å². The molecule has 0 N–H and O–H groups in total. The van der Waals surface area contributed by atoms with E-state index < -0.39 is 0 Å². The van der Waals surface area contributed by atoms with Gasteiger partial charge < -0.3 is 18.8 Å². The average Bonchev–Trinajstić information content (AvgIpc) is 3.46. The third-order valence-corrected chi connectivity index (χ3v) is 5.16. The Morgan fingerprint density at radius 1 is 1.23 bits per heavy atom. The molecule has 0 spiro atoms. The summed E-state index contributed by atoms with van der Waals surface area (Å²) in [6.45, 7) is 4.25. The van der Waals surface area contributed by atoms with Crippen LogP contribution in [0.1, 0.15) is 37.6 Å². The minimum Gasteiger partial charge on any atom is -0.497 e. The molecule has 0 saturated heterocycles. The fraction of sp³-hybridized carbons (Fsp3) is 0.435. The number of rotatable bonds is 9. The molecule has 1 aliphatic heterocycles. The van der Waals surface area contributed by atoms with Crippen molar-refractivity contribution in [2.75, 3.05) is 33.9 Å². The zero-order valence-electron chi connectivity index (χ0n) is 18.4. The van der Waals surface area contributed by atoms with Crippen LogP contribution in [0.5, 0.6) is 5.75 Å². The van der Waals surface area contributed by atoms with Crippen molar-refractivity contribution >= 4 is 17.5 Å². The third-order valence-electron chi connectivity index (χ3n) is 5.16. The number of hydrogen-bond donors (Lipinski definition) is 0. The highest BCUT2D eigenvalue weighted by atomic mass is 16.5. The molecule has 2 aromatic rings. The first-order valence-corrected chi connectivity index (χ1v) is 10.3. The lowest BCUT2D eigenvalue weighted by molar-refractivity contribution is -0.144. The summed E-state index contributed by atoms with van der Waals surface area (Å²) in [5.41, 5.74) is 1.68. The van der Waals surface area contributed by atoms with Crippen LogP contribution in [-0.2, 0) is 14.3 Å². The van der Waals surface area contributed by atoms with Crippen molar-refractivity contribution in [1.82, 2.24) is 9.91 Å². The Morgan fingerprint density at radius 3 is 2.55 bits per heavy atom. The molecule has 0 aliphatic carbocycles. The fourth-order valence-electron chi connectivity index (χ4n) is 3.47. The van der Waals surface area contributed by atoms with Crippen LogP contribution in [0.2, 0.25) is 0 Å². The van der Waals surface area contributed by atoms with Crippen molar-refractivity contribution in [1.29, 1.82) is 0 Å². The highest BCUT2D eigenvalue weighted by Crippen LogP contribution is 2.33. The monoisotopic (exact) mass is 427 g/mol. The predicted octanol–water partition coefficient (Wildman–Crippen LogP) is 3.10. The van der Waals surface area contributed by atoms with Crippen molar-refractivity contribution in [2.24, 2.45) is 11.0 Å². The Labute approximate surface area is 182 Å². The lowest BCUT2D eigenvalue weighted by atomic mass is 10.0. The summed E-state index contributed by atoms with van der Waals surface area (Å²) < 4.78 is 15.9. The third kappa shape index (κ3) is 5.32. The molecule has 1 atom stereocenters. The van der Waals surface area contributed by atoms with Crippen LogP contribution in [0.25, 0.3) is 0 Å². The Bertz CT molecular complexity index is 906. The number of hydrazone groups is 1. The molecule has 2 heterocycles. The topological polar surface area (TPSA) is 84.6 Å². The molecule has 166 valence electrons. The van der Waals surface area contributed by atoms with E-state index in [9.17, 15) is 9.59 Å². The minimum atomic E-state index is -0.363. The summed E-state index contributed by atoms with van der Waals surface area (Å²) in [6.07, 6.45) is 2.10. The van der Waals surface area contributed by atoms with Gasteiger partial charge in [0, 0.05) is 26.0 Å². The second-order valence-corrected chi connectivity index (χ2v) is 7.66. The molecular formula is C23H29N3O5. The van der Waals surface area contributed by atoms with Gasteiger partial charge in [-0.05, 0) is 42.0 Å². The van der Waals surface area contributed by atoms with Crippen LogP contribution in [0.3, 0.4) is 0 Å². The standard InChI is InChI=1S/C23H29N3O5/c1-16(2)23(28)25(11-13-29-3)15-22(27)26-20(21-6-5-12-31-21)14-19(24-26)17-7-9-18(30-4)10-8-17/h5-10,12,16,20H,11,13-15H2,1-4H3. The Morgan fingerprint density at radius 2 is 1.97 bits per heavy atom.